The number of anilines is 1. The van der Waals surface area contributed by atoms with Gasteiger partial charge in [-0.05, 0) is 51.5 Å². The van der Waals surface area contributed by atoms with Crippen molar-refractivity contribution in [1.29, 1.82) is 0 Å². The van der Waals surface area contributed by atoms with Gasteiger partial charge in [-0.15, -0.1) is 23.1 Å². The summed E-state index contributed by atoms with van der Waals surface area (Å²) < 4.78 is 18.5. The Hall–Kier alpha value is -3.16. The standard InChI is InChI=1S/C25H29N3O7S3/c1-6-33-15-9-10-16-17(11-15)37-25(28(16)5)27-19(30)13-36-12-18(29)26-22-20(23(31)34-7-2)14(4)21(38-22)24(32)35-8-3/h9-11H,6-8,12-13H2,1-5H3,(H,26,29). The molecule has 3 aromatic rings. The van der Waals surface area contributed by atoms with Crippen LogP contribution in [0.4, 0.5) is 5.00 Å². The SMILES string of the molecule is CCOC(=O)c1sc(NC(=O)CSCC(=O)N=c2sc3cc(OCC)ccc3n2C)c(C(=O)OCC)c1C. The third kappa shape index (κ3) is 7.03. The summed E-state index contributed by atoms with van der Waals surface area (Å²) in [7, 11) is 1.83. The highest BCUT2D eigenvalue weighted by Gasteiger charge is 2.27. The van der Waals surface area contributed by atoms with Crippen LogP contribution in [0.5, 0.6) is 5.75 Å². The molecule has 0 radical (unpaired) electrons. The quantitative estimate of drug-likeness (QED) is 0.336. The molecule has 1 N–H and O–H groups in total. The molecule has 0 saturated heterocycles. The van der Waals surface area contributed by atoms with E-state index < -0.39 is 17.8 Å². The smallest absolute Gasteiger partial charge is 0.348 e. The predicted molar refractivity (Wildman–Crippen MR) is 149 cm³/mol. The molecule has 0 saturated carbocycles. The number of benzene rings is 1. The second-order valence-electron chi connectivity index (χ2n) is 7.75. The van der Waals surface area contributed by atoms with Crippen molar-refractivity contribution in [3.8, 4) is 5.75 Å². The fourth-order valence-corrected chi connectivity index (χ4v) is 6.22. The molecule has 0 spiro atoms. The van der Waals surface area contributed by atoms with Gasteiger partial charge in [0.05, 0.1) is 47.1 Å². The summed E-state index contributed by atoms with van der Waals surface area (Å²) in [6, 6.07) is 5.71. The van der Waals surface area contributed by atoms with E-state index >= 15 is 0 Å². The number of amides is 2. The molecule has 2 aromatic heterocycles. The molecule has 0 aliphatic carbocycles. The minimum absolute atomic E-state index is 0.00581. The van der Waals surface area contributed by atoms with Crippen molar-refractivity contribution in [2.45, 2.75) is 27.7 Å². The summed E-state index contributed by atoms with van der Waals surface area (Å²) in [6.45, 7) is 7.74. The molecule has 10 nitrogen and oxygen atoms in total. The van der Waals surface area contributed by atoms with E-state index in [1.807, 2.05) is 36.7 Å². The molecule has 13 heteroatoms. The summed E-state index contributed by atoms with van der Waals surface area (Å²) in [6.07, 6.45) is 0. The number of carbonyl (C=O) groups is 4. The van der Waals surface area contributed by atoms with Crippen molar-refractivity contribution < 1.29 is 33.4 Å². The van der Waals surface area contributed by atoms with Crippen LogP contribution in [0, 0.1) is 6.92 Å². The maximum atomic E-state index is 12.6. The van der Waals surface area contributed by atoms with Crippen molar-refractivity contribution in [1.82, 2.24) is 4.57 Å². The number of rotatable bonds is 11. The number of thioether (sulfide) groups is 1. The van der Waals surface area contributed by atoms with Crippen LogP contribution < -0.4 is 14.9 Å². The molecule has 2 heterocycles. The Morgan fingerprint density at radius 1 is 1.00 bits per heavy atom. The molecule has 1 aromatic carbocycles. The first-order chi connectivity index (χ1) is 18.2. The minimum atomic E-state index is -0.640. The molecule has 0 unspecified atom stereocenters. The van der Waals surface area contributed by atoms with E-state index in [0.29, 0.717) is 17.0 Å². The Balaban J connectivity index is 1.66. The van der Waals surface area contributed by atoms with Crippen molar-refractivity contribution in [2.75, 3.05) is 36.6 Å². The van der Waals surface area contributed by atoms with Gasteiger partial charge in [0.15, 0.2) is 4.80 Å². The minimum Gasteiger partial charge on any atom is -0.494 e. The Bertz CT molecular complexity index is 1420. The van der Waals surface area contributed by atoms with E-state index in [1.165, 1.54) is 11.3 Å². The normalized spacial score (nSPS) is 11.4. The largest absolute Gasteiger partial charge is 0.494 e. The number of nitrogens with one attached hydrogen (secondary N) is 1. The lowest BCUT2D eigenvalue weighted by molar-refractivity contribution is -0.115. The zero-order valence-electron chi connectivity index (χ0n) is 21.7. The molecule has 3 rings (SSSR count). The van der Waals surface area contributed by atoms with Crippen LogP contribution in [0.2, 0.25) is 0 Å². The number of thiophene rings is 1. The lowest BCUT2D eigenvalue weighted by atomic mass is 10.1. The number of ether oxygens (including phenoxy) is 3. The van der Waals surface area contributed by atoms with E-state index in [1.54, 1.807) is 20.8 Å². The number of carbonyl (C=O) groups excluding carboxylic acids is 4. The van der Waals surface area contributed by atoms with Crippen LogP contribution >= 0.6 is 34.4 Å². The first-order valence-electron chi connectivity index (χ1n) is 11.8. The summed E-state index contributed by atoms with van der Waals surface area (Å²) in [5.41, 5.74) is 1.44. The maximum Gasteiger partial charge on any atom is 0.348 e. The van der Waals surface area contributed by atoms with E-state index in [2.05, 4.69) is 10.3 Å². The second kappa shape index (κ2) is 13.6. The molecule has 0 bridgehead atoms. The molecule has 2 amide bonds. The van der Waals surface area contributed by atoms with Crippen LogP contribution in [0.15, 0.2) is 23.2 Å². The molecule has 0 atom stereocenters. The zero-order chi connectivity index (χ0) is 27.8. The zero-order valence-corrected chi connectivity index (χ0v) is 24.2. The monoisotopic (exact) mass is 579 g/mol. The predicted octanol–water partition coefficient (Wildman–Crippen LogP) is 4.16. The molecule has 0 aliphatic rings. The highest BCUT2D eigenvalue weighted by atomic mass is 32.2. The number of esters is 2. The van der Waals surface area contributed by atoms with E-state index in [-0.39, 0.29) is 46.1 Å². The molecular weight excluding hydrogens is 550 g/mol. The lowest BCUT2D eigenvalue weighted by Gasteiger charge is -2.06. The van der Waals surface area contributed by atoms with Crippen LogP contribution in [0.1, 0.15) is 46.4 Å². The van der Waals surface area contributed by atoms with E-state index in [0.717, 1.165) is 39.1 Å². The number of aromatic nitrogens is 1. The third-order valence-corrected chi connectivity index (χ3v) is 8.31. The second-order valence-corrected chi connectivity index (χ2v) is 10.8. The Labute approximate surface area is 232 Å². The Morgan fingerprint density at radius 3 is 2.39 bits per heavy atom. The first-order valence-corrected chi connectivity index (χ1v) is 14.6. The van der Waals surface area contributed by atoms with Crippen LogP contribution in [0.3, 0.4) is 0 Å². The highest BCUT2D eigenvalue weighted by Crippen LogP contribution is 2.34. The van der Waals surface area contributed by atoms with Gasteiger partial charge in [-0.25, -0.2) is 9.59 Å². The lowest BCUT2D eigenvalue weighted by Crippen LogP contribution is -2.18. The highest BCUT2D eigenvalue weighted by molar-refractivity contribution is 8.00. The maximum absolute atomic E-state index is 12.6. The molecule has 204 valence electrons. The van der Waals surface area contributed by atoms with Crippen molar-refractivity contribution in [3.05, 3.63) is 39.0 Å². The molecule has 0 fully saturated rings. The summed E-state index contributed by atoms with van der Waals surface area (Å²) in [5, 5.41) is 2.87. The van der Waals surface area contributed by atoms with Crippen molar-refractivity contribution in [2.24, 2.45) is 12.0 Å². The topological polar surface area (TPSA) is 125 Å². The van der Waals surface area contributed by atoms with Crippen molar-refractivity contribution in [3.63, 3.8) is 0 Å². The van der Waals surface area contributed by atoms with Gasteiger partial charge in [-0.3, -0.25) is 9.59 Å². The fourth-order valence-electron chi connectivity index (χ4n) is 3.45. The van der Waals surface area contributed by atoms with Gasteiger partial charge < -0.3 is 24.1 Å². The Morgan fingerprint density at radius 2 is 1.71 bits per heavy atom. The number of thiazole rings is 1. The third-order valence-electron chi connectivity index (χ3n) is 5.11. The van der Waals surface area contributed by atoms with Crippen LogP contribution in [0.25, 0.3) is 10.2 Å². The van der Waals surface area contributed by atoms with Gasteiger partial charge in [-0.2, -0.15) is 4.99 Å². The van der Waals surface area contributed by atoms with Gasteiger partial charge in [0.2, 0.25) is 5.91 Å². The number of hydrogen-bond acceptors (Lipinski definition) is 10. The number of hydrogen-bond donors (Lipinski definition) is 1. The van der Waals surface area contributed by atoms with Gasteiger partial charge in [0.1, 0.15) is 15.6 Å². The van der Waals surface area contributed by atoms with Crippen LogP contribution in [-0.2, 0) is 26.1 Å². The molecule has 38 heavy (non-hydrogen) atoms. The van der Waals surface area contributed by atoms with Gasteiger partial charge in [0.25, 0.3) is 5.91 Å². The number of aryl methyl sites for hydroxylation is 1. The van der Waals surface area contributed by atoms with Gasteiger partial charge in [-0.1, -0.05) is 11.3 Å². The van der Waals surface area contributed by atoms with Crippen LogP contribution in [-0.4, -0.2) is 59.6 Å². The molecule has 0 aliphatic heterocycles. The van der Waals surface area contributed by atoms with Crippen molar-refractivity contribution >= 4 is 73.4 Å². The summed E-state index contributed by atoms with van der Waals surface area (Å²) in [5.74, 6) is -1.33. The number of fused-ring (bicyclic) bond motifs is 1. The number of nitrogens with zero attached hydrogens (tertiary/aromatic N) is 2. The first kappa shape index (κ1) is 29.4. The summed E-state index contributed by atoms with van der Waals surface area (Å²) in [4.78, 5) is 54.8. The van der Waals surface area contributed by atoms with Gasteiger partial charge in [0, 0.05) is 7.05 Å². The average Bonchev–Trinajstić information content (AvgIpc) is 3.35. The average molecular weight is 580 g/mol. The summed E-state index contributed by atoms with van der Waals surface area (Å²) >= 11 is 3.43. The van der Waals surface area contributed by atoms with Gasteiger partial charge >= 0.3 is 11.9 Å². The Kier molecular flexibility index (Phi) is 10.5. The van der Waals surface area contributed by atoms with E-state index in [4.69, 9.17) is 14.2 Å². The molecular formula is C25H29N3O7S3. The van der Waals surface area contributed by atoms with E-state index in [9.17, 15) is 19.2 Å². The fraction of sp³-hybridized carbons (Fsp3) is 0.400.